The minimum Gasteiger partial charge on any atom is -0.427 e. The van der Waals surface area contributed by atoms with Crippen molar-refractivity contribution in [2.24, 2.45) is 11.8 Å². The van der Waals surface area contributed by atoms with Crippen molar-refractivity contribution in [1.29, 1.82) is 0 Å². The number of esters is 1. The van der Waals surface area contributed by atoms with Gasteiger partial charge < -0.3 is 4.74 Å². The van der Waals surface area contributed by atoms with Crippen LogP contribution in [-0.4, -0.2) is 17.8 Å². The molecule has 7 rings (SSSR count). The lowest BCUT2D eigenvalue weighted by molar-refractivity contribution is -0.132. The van der Waals surface area contributed by atoms with Crippen molar-refractivity contribution in [2.45, 2.75) is 17.7 Å². The lowest BCUT2D eigenvalue weighted by atomic mass is 9.54. The average Bonchev–Trinajstić information content (AvgIpc) is 3.06. The molecule has 0 unspecified atom stereocenters. The molecule has 3 aliphatic carbocycles. The highest BCUT2D eigenvalue weighted by Gasteiger charge is 2.67. The topological polar surface area (TPSA) is 63.7 Å². The Hall–Kier alpha value is -3.44. The highest BCUT2D eigenvalue weighted by molar-refractivity contribution is 6.33. The molecule has 5 nitrogen and oxygen atoms in total. The summed E-state index contributed by atoms with van der Waals surface area (Å²) in [4.78, 5) is 38.8. The molecule has 32 heavy (non-hydrogen) atoms. The van der Waals surface area contributed by atoms with Gasteiger partial charge in [-0.1, -0.05) is 48.5 Å². The van der Waals surface area contributed by atoms with E-state index in [0.717, 1.165) is 22.3 Å². The fraction of sp³-hybridized carbons (Fsp3) is 0.192. The third kappa shape index (κ3) is 2.32. The fourth-order valence-corrected chi connectivity index (χ4v) is 6.34. The quantitative estimate of drug-likeness (QED) is 0.255. The van der Waals surface area contributed by atoms with Gasteiger partial charge in [-0.15, -0.1) is 11.6 Å². The summed E-state index contributed by atoms with van der Waals surface area (Å²) in [6.07, 6.45) is 0. The average molecular weight is 444 g/mol. The molecule has 3 aromatic rings. The van der Waals surface area contributed by atoms with Crippen molar-refractivity contribution in [3.05, 3.63) is 95.1 Å². The number of rotatable bonds is 2. The lowest BCUT2D eigenvalue weighted by Gasteiger charge is -2.50. The van der Waals surface area contributed by atoms with Crippen LogP contribution in [0.4, 0.5) is 5.69 Å². The lowest BCUT2D eigenvalue weighted by Crippen LogP contribution is -2.50. The van der Waals surface area contributed by atoms with Gasteiger partial charge in [0.15, 0.2) is 0 Å². The molecule has 6 heteroatoms. The number of nitrogens with zero attached hydrogens (tertiary/aromatic N) is 1. The number of ether oxygens (including phenoxy) is 1. The van der Waals surface area contributed by atoms with E-state index < -0.39 is 22.7 Å². The fourth-order valence-electron chi connectivity index (χ4n) is 5.76. The van der Waals surface area contributed by atoms with Crippen LogP contribution in [0.3, 0.4) is 0 Å². The molecule has 0 N–H and O–H groups in total. The predicted molar refractivity (Wildman–Crippen MR) is 119 cm³/mol. The van der Waals surface area contributed by atoms with Gasteiger partial charge in [-0.3, -0.25) is 14.4 Å². The molecule has 0 aromatic heterocycles. The first-order valence-electron chi connectivity index (χ1n) is 10.5. The zero-order valence-corrected chi connectivity index (χ0v) is 17.9. The smallest absolute Gasteiger partial charge is 0.308 e. The van der Waals surface area contributed by atoms with Gasteiger partial charge in [0.1, 0.15) is 10.6 Å². The van der Waals surface area contributed by atoms with Crippen molar-refractivity contribution in [2.75, 3.05) is 4.90 Å². The van der Waals surface area contributed by atoms with Crippen LogP contribution >= 0.6 is 11.6 Å². The Morgan fingerprint density at radius 2 is 1.44 bits per heavy atom. The number of halogens is 1. The third-order valence-corrected chi connectivity index (χ3v) is 7.51. The molecule has 2 amide bonds. The monoisotopic (exact) mass is 443 g/mol. The SMILES string of the molecule is CC(=O)Oc1ccc(N2C(=O)[C@@H]3C4c5ccccc5C(Cl)(c5ccccc54)[C@H]3C2=O)cc1. The Labute approximate surface area is 189 Å². The third-order valence-electron chi connectivity index (χ3n) is 6.87. The van der Waals surface area contributed by atoms with Crippen LogP contribution in [-0.2, 0) is 19.3 Å². The summed E-state index contributed by atoms with van der Waals surface area (Å²) in [6, 6.07) is 22.1. The Kier molecular flexibility index (Phi) is 3.93. The maximum atomic E-state index is 13.8. The van der Waals surface area contributed by atoms with E-state index in [1.807, 2.05) is 48.5 Å². The van der Waals surface area contributed by atoms with Crippen LogP contribution in [0.2, 0.25) is 0 Å². The Morgan fingerprint density at radius 1 is 0.875 bits per heavy atom. The molecule has 4 aliphatic rings. The van der Waals surface area contributed by atoms with Gasteiger partial charge in [0.25, 0.3) is 0 Å². The van der Waals surface area contributed by atoms with Crippen LogP contribution in [0.1, 0.15) is 35.1 Å². The number of carbonyl (C=O) groups excluding carboxylic acids is 3. The molecule has 1 saturated heterocycles. The maximum absolute atomic E-state index is 13.8. The van der Waals surface area contributed by atoms with E-state index in [2.05, 4.69) is 0 Å². The number of alkyl halides is 1. The van der Waals surface area contributed by atoms with E-state index in [0.29, 0.717) is 11.4 Å². The van der Waals surface area contributed by atoms with E-state index in [1.54, 1.807) is 24.3 Å². The van der Waals surface area contributed by atoms with Crippen molar-refractivity contribution in [1.82, 2.24) is 0 Å². The first-order valence-corrected chi connectivity index (χ1v) is 10.8. The molecule has 1 aliphatic heterocycles. The normalized spacial score (nSPS) is 27.1. The van der Waals surface area contributed by atoms with Crippen molar-refractivity contribution < 1.29 is 19.1 Å². The first-order chi connectivity index (χ1) is 15.4. The minimum absolute atomic E-state index is 0.227. The predicted octanol–water partition coefficient (Wildman–Crippen LogP) is 4.36. The van der Waals surface area contributed by atoms with Crippen molar-refractivity contribution in [3.63, 3.8) is 0 Å². The van der Waals surface area contributed by atoms with Gasteiger partial charge in [0.05, 0.1) is 17.5 Å². The van der Waals surface area contributed by atoms with Crippen LogP contribution in [0.25, 0.3) is 0 Å². The second-order valence-electron chi connectivity index (χ2n) is 8.47. The number of benzene rings is 3. The molecule has 0 radical (unpaired) electrons. The van der Waals surface area contributed by atoms with E-state index in [1.165, 1.54) is 11.8 Å². The van der Waals surface area contributed by atoms with Gasteiger partial charge in [0, 0.05) is 12.8 Å². The van der Waals surface area contributed by atoms with E-state index >= 15 is 0 Å². The molecular weight excluding hydrogens is 426 g/mol. The molecule has 1 fully saturated rings. The summed E-state index contributed by atoms with van der Waals surface area (Å²) >= 11 is 7.40. The largest absolute Gasteiger partial charge is 0.427 e. The molecule has 0 spiro atoms. The highest BCUT2D eigenvalue weighted by Crippen LogP contribution is 2.65. The van der Waals surface area contributed by atoms with E-state index in [4.69, 9.17) is 16.3 Å². The summed E-state index contributed by atoms with van der Waals surface area (Å²) in [7, 11) is 0. The zero-order chi connectivity index (χ0) is 22.2. The summed E-state index contributed by atoms with van der Waals surface area (Å²) in [6.45, 7) is 1.32. The molecule has 0 saturated carbocycles. The number of anilines is 1. The van der Waals surface area contributed by atoms with Crippen molar-refractivity contribution >= 4 is 35.1 Å². The van der Waals surface area contributed by atoms with Gasteiger partial charge in [0.2, 0.25) is 11.8 Å². The summed E-state index contributed by atoms with van der Waals surface area (Å²) in [5.41, 5.74) is 4.27. The minimum atomic E-state index is -1.11. The standard InChI is InChI=1S/C26H18ClNO4/c1-14(29)32-16-12-10-15(11-13-16)28-24(30)22-21-17-6-2-4-8-19(17)26(27,23(22)25(28)31)20-9-5-3-7-18(20)21/h2-13,21-23H,1H3/t21?,22-,23-,26?/m1/s1. The summed E-state index contributed by atoms with van der Waals surface area (Å²) in [5.74, 6) is -2.13. The number of amides is 2. The molecule has 2 bridgehead atoms. The Bertz CT molecular complexity index is 1270. The van der Waals surface area contributed by atoms with Crippen LogP contribution < -0.4 is 9.64 Å². The zero-order valence-electron chi connectivity index (χ0n) is 17.1. The van der Waals surface area contributed by atoms with Crippen LogP contribution in [0, 0.1) is 11.8 Å². The molecular formula is C26H18ClNO4. The van der Waals surface area contributed by atoms with Gasteiger partial charge >= 0.3 is 5.97 Å². The second-order valence-corrected chi connectivity index (χ2v) is 9.06. The van der Waals surface area contributed by atoms with E-state index in [9.17, 15) is 14.4 Å². The number of hydrogen-bond donors (Lipinski definition) is 0. The van der Waals surface area contributed by atoms with Crippen LogP contribution in [0.15, 0.2) is 72.8 Å². The number of carbonyl (C=O) groups is 3. The number of imide groups is 1. The van der Waals surface area contributed by atoms with Gasteiger partial charge in [-0.2, -0.15) is 0 Å². The Morgan fingerprint density at radius 3 is 2.00 bits per heavy atom. The van der Waals surface area contributed by atoms with Crippen molar-refractivity contribution in [3.8, 4) is 5.75 Å². The summed E-state index contributed by atoms with van der Waals surface area (Å²) < 4.78 is 5.08. The number of hydrogen-bond acceptors (Lipinski definition) is 4. The molecule has 1 heterocycles. The molecule has 3 aromatic carbocycles. The first kappa shape index (κ1) is 19.3. The van der Waals surface area contributed by atoms with Gasteiger partial charge in [-0.25, -0.2) is 4.90 Å². The maximum Gasteiger partial charge on any atom is 0.308 e. The Balaban J connectivity index is 1.50. The van der Waals surface area contributed by atoms with Crippen LogP contribution in [0.5, 0.6) is 5.75 Å². The van der Waals surface area contributed by atoms with E-state index in [-0.39, 0.29) is 17.7 Å². The summed E-state index contributed by atoms with van der Waals surface area (Å²) in [5, 5.41) is 0. The van der Waals surface area contributed by atoms with Gasteiger partial charge in [-0.05, 0) is 46.5 Å². The second kappa shape index (κ2) is 6.53. The molecule has 158 valence electrons. The molecule has 2 atom stereocenters. The highest BCUT2D eigenvalue weighted by atomic mass is 35.5.